The molecule has 0 bridgehead atoms. The summed E-state index contributed by atoms with van der Waals surface area (Å²) in [5.41, 5.74) is 2.49. The van der Waals surface area contributed by atoms with Gasteiger partial charge in [0.05, 0.1) is 0 Å². The number of benzene rings is 1. The van der Waals surface area contributed by atoms with Crippen LogP contribution in [0.1, 0.15) is 11.1 Å². The summed E-state index contributed by atoms with van der Waals surface area (Å²) in [5.74, 6) is 0.618. The monoisotopic (exact) mass is 264 g/mol. The van der Waals surface area contributed by atoms with Crippen LogP contribution in [-0.4, -0.2) is 23.9 Å². The van der Waals surface area contributed by atoms with Crippen molar-refractivity contribution < 1.29 is 0 Å². The quantitative estimate of drug-likeness (QED) is 0.529. The van der Waals surface area contributed by atoms with E-state index in [1.165, 1.54) is 11.1 Å². The molecule has 0 spiro atoms. The Hall–Kier alpha value is 0.309. The fraction of sp³-hybridized carbons (Fsp3) is 0.250. The van der Waals surface area contributed by atoms with E-state index in [1.807, 2.05) is 18.2 Å². The molecule has 0 radical (unpaired) electrons. The average molecular weight is 263 g/mol. The Morgan fingerprint density at radius 2 is 1.90 bits per heavy atom. The molecule has 0 heterocycles. The van der Waals surface area contributed by atoms with Crippen LogP contribution in [0.2, 0.25) is 0 Å². The van der Waals surface area contributed by atoms with Crippen molar-refractivity contribution in [3.05, 3.63) is 35.4 Å². The third-order valence-electron chi connectivity index (χ3n) is 1.41. The van der Waals surface area contributed by atoms with E-state index in [0.29, 0.717) is 5.88 Å². The first-order valence-electron chi connectivity index (χ1n) is 2.95. The van der Waals surface area contributed by atoms with Crippen LogP contribution in [0, 0.1) is 6.92 Å². The molecule has 0 saturated carbocycles. The van der Waals surface area contributed by atoms with Crippen molar-refractivity contribution in [3.8, 4) is 0 Å². The maximum absolute atomic E-state index is 5.63. The molecule has 1 aromatic carbocycles. The Balaban J connectivity index is 0.000000810. The minimum absolute atomic E-state index is 0. The van der Waals surface area contributed by atoms with Crippen LogP contribution in [-0.2, 0) is 5.88 Å². The second-order valence-electron chi connectivity index (χ2n) is 2.06. The fourth-order valence-corrected chi connectivity index (χ4v) is 1.06. The first-order chi connectivity index (χ1) is 4.34. The van der Waals surface area contributed by atoms with Gasteiger partial charge in [-0.15, -0.1) is 11.6 Å². The molecular weight excluding hydrogens is 250 g/mol. The molecule has 0 saturated heterocycles. The number of alkyl halides is 1. The Morgan fingerprint density at radius 3 is 2.30 bits per heavy atom. The van der Waals surface area contributed by atoms with Crippen molar-refractivity contribution in [3.63, 3.8) is 0 Å². The van der Waals surface area contributed by atoms with E-state index in [0.717, 1.165) is 0 Å². The standard InChI is InChI=1S/C8H9Cl.Sn.4H/c1-7-4-2-3-5-8(7)6-9;;;;;/h2-5H,6H2,1H3;;;;;. The summed E-state index contributed by atoms with van der Waals surface area (Å²) in [5, 5.41) is 0. The molecule has 56 valence electrons. The number of hydrogen-bond acceptors (Lipinski definition) is 0. The molecule has 0 aromatic heterocycles. The van der Waals surface area contributed by atoms with Gasteiger partial charge in [0.15, 0.2) is 0 Å². The van der Waals surface area contributed by atoms with Gasteiger partial charge in [0.25, 0.3) is 0 Å². The van der Waals surface area contributed by atoms with E-state index in [2.05, 4.69) is 13.0 Å². The fourth-order valence-electron chi connectivity index (χ4n) is 0.760. The maximum atomic E-state index is 5.63. The van der Waals surface area contributed by atoms with E-state index in [1.54, 1.807) is 0 Å². The first-order valence-corrected chi connectivity index (χ1v) is 3.48. The van der Waals surface area contributed by atoms with Crippen LogP contribution in [0.3, 0.4) is 0 Å². The van der Waals surface area contributed by atoms with Gasteiger partial charge in [-0.05, 0) is 18.1 Å². The zero-order chi connectivity index (χ0) is 6.69. The van der Waals surface area contributed by atoms with E-state index in [4.69, 9.17) is 11.6 Å². The summed E-state index contributed by atoms with van der Waals surface area (Å²) >= 11 is 5.63. The predicted octanol–water partition coefficient (Wildman–Crippen LogP) is 1.28. The van der Waals surface area contributed by atoms with Gasteiger partial charge in [-0.1, -0.05) is 24.3 Å². The number of rotatable bonds is 1. The van der Waals surface area contributed by atoms with Gasteiger partial charge in [-0.3, -0.25) is 0 Å². The Bertz CT molecular complexity index is 198. The number of halogens is 1. The minimum atomic E-state index is 0. The molecule has 2 heteroatoms. The van der Waals surface area contributed by atoms with Crippen LogP contribution in [0.4, 0.5) is 0 Å². The van der Waals surface area contributed by atoms with Gasteiger partial charge >= 0.3 is 23.9 Å². The molecule has 1 rings (SSSR count). The summed E-state index contributed by atoms with van der Waals surface area (Å²) in [6, 6.07) is 8.14. The Morgan fingerprint density at radius 1 is 1.30 bits per heavy atom. The molecule has 0 amide bonds. The van der Waals surface area contributed by atoms with Crippen molar-refractivity contribution in [1.29, 1.82) is 0 Å². The molecule has 0 N–H and O–H groups in total. The van der Waals surface area contributed by atoms with Crippen molar-refractivity contribution >= 4 is 35.5 Å². The Labute approximate surface area is 83.5 Å². The molecule has 10 heavy (non-hydrogen) atoms. The van der Waals surface area contributed by atoms with Crippen LogP contribution in [0.25, 0.3) is 0 Å². The van der Waals surface area contributed by atoms with Gasteiger partial charge in [-0.25, -0.2) is 0 Å². The summed E-state index contributed by atoms with van der Waals surface area (Å²) < 4.78 is 0. The first kappa shape index (κ1) is 10.3. The van der Waals surface area contributed by atoms with Crippen LogP contribution < -0.4 is 0 Å². The summed E-state index contributed by atoms with van der Waals surface area (Å²) in [7, 11) is 0. The summed E-state index contributed by atoms with van der Waals surface area (Å²) in [6.07, 6.45) is 0. The zero-order valence-electron chi connectivity index (χ0n) is 5.39. The van der Waals surface area contributed by atoms with Crippen molar-refractivity contribution in [2.45, 2.75) is 12.8 Å². The molecule has 0 aliphatic carbocycles. The third kappa shape index (κ3) is 2.51. The van der Waals surface area contributed by atoms with E-state index < -0.39 is 0 Å². The predicted molar refractivity (Wildman–Crippen MR) is 52.1 cm³/mol. The van der Waals surface area contributed by atoms with Crippen molar-refractivity contribution in [1.82, 2.24) is 0 Å². The van der Waals surface area contributed by atoms with E-state index in [-0.39, 0.29) is 23.9 Å². The van der Waals surface area contributed by atoms with Gasteiger partial charge in [0.1, 0.15) is 0 Å². The van der Waals surface area contributed by atoms with E-state index in [9.17, 15) is 0 Å². The van der Waals surface area contributed by atoms with Crippen molar-refractivity contribution in [2.24, 2.45) is 0 Å². The molecule has 0 fully saturated rings. The summed E-state index contributed by atoms with van der Waals surface area (Å²) in [4.78, 5) is 0. The number of hydrogen-bond donors (Lipinski definition) is 0. The zero-order valence-corrected chi connectivity index (χ0v) is 6.15. The van der Waals surface area contributed by atoms with Crippen LogP contribution >= 0.6 is 11.6 Å². The van der Waals surface area contributed by atoms with Crippen molar-refractivity contribution in [2.75, 3.05) is 0 Å². The normalized spacial score (nSPS) is 8.60. The molecule has 0 aliphatic rings. The molecule has 1 aromatic rings. The Kier molecular flexibility index (Phi) is 5.18. The second kappa shape index (κ2) is 5.02. The third-order valence-corrected chi connectivity index (χ3v) is 1.69. The molecule has 0 nitrogen and oxygen atoms in total. The molecule has 0 aliphatic heterocycles. The SMILES string of the molecule is Cc1ccccc1CCl.[SnH4]. The van der Waals surface area contributed by atoms with Gasteiger partial charge in [0.2, 0.25) is 0 Å². The van der Waals surface area contributed by atoms with Crippen LogP contribution in [0.5, 0.6) is 0 Å². The summed E-state index contributed by atoms with van der Waals surface area (Å²) in [6.45, 7) is 2.07. The van der Waals surface area contributed by atoms with Gasteiger partial charge in [0, 0.05) is 5.88 Å². The van der Waals surface area contributed by atoms with Crippen LogP contribution in [0.15, 0.2) is 24.3 Å². The van der Waals surface area contributed by atoms with Gasteiger partial charge < -0.3 is 0 Å². The molecule has 0 unspecified atom stereocenters. The molecular formula is C8H13ClSn. The van der Waals surface area contributed by atoms with E-state index >= 15 is 0 Å². The molecule has 0 atom stereocenters. The number of aryl methyl sites for hydroxylation is 1. The average Bonchev–Trinajstić information content (AvgIpc) is 1.89. The topological polar surface area (TPSA) is 0 Å². The second-order valence-corrected chi connectivity index (χ2v) is 2.33. The van der Waals surface area contributed by atoms with Gasteiger partial charge in [-0.2, -0.15) is 0 Å².